The van der Waals surface area contributed by atoms with Gasteiger partial charge in [-0.2, -0.15) is 0 Å². The highest BCUT2D eigenvalue weighted by Crippen LogP contribution is 2.08. The number of hydrogen-bond acceptors (Lipinski definition) is 4. The summed E-state index contributed by atoms with van der Waals surface area (Å²) in [5.74, 6) is -1.84. The Morgan fingerprint density at radius 1 is 1.33 bits per heavy atom. The van der Waals surface area contributed by atoms with E-state index in [1.807, 2.05) is 0 Å². The van der Waals surface area contributed by atoms with Gasteiger partial charge in [-0.05, 0) is 0 Å². The van der Waals surface area contributed by atoms with Crippen LogP contribution in [0.1, 0.15) is 6.42 Å². The van der Waals surface area contributed by atoms with E-state index in [1.54, 1.807) is 0 Å². The highest BCUT2D eigenvalue weighted by Gasteiger charge is 2.23. The first-order chi connectivity index (χ1) is 5.70. The molecule has 5 heteroatoms. The zero-order valence-corrected chi connectivity index (χ0v) is 6.49. The van der Waals surface area contributed by atoms with Crippen molar-refractivity contribution in [1.82, 2.24) is 0 Å². The molecule has 0 radical (unpaired) electrons. The predicted molar refractivity (Wildman–Crippen MR) is 37.5 cm³/mol. The second kappa shape index (κ2) is 4.18. The van der Waals surface area contributed by atoms with Gasteiger partial charge in [0.2, 0.25) is 0 Å². The highest BCUT2D eigenvalue weighted by molar-refractivity contribution is 5.96. The van der Waals surface area contributed by atoms with Crippen LogP contribution in [0.15, 0.2) is 0 Å². The van der Waals surface area contributed by atoms with Gasteiger partial charge in [0, 0.05) is 0 Å². The fourth-order valence-corrected chi connectivity index (χ4v) is 0.967. The zero-order chi connectivity index (χ0) is 8.97. The molecule has 0 unspecified atom stereocenters. The van der Waals surface area contributed by atoms with Gasteiger partial charge in [-0.25, -0.2) is 0 Å². The molecule has 0 aromatic carbocycles. The van der Waals surface area contributed by atoms with E-state index in [-0.39, 0.29) is 25.8 Å². The van der Waals surface area contributed by atoms with Crippen molar-refractivity contribution in [3.05, 3.63) is 0 Å². The van der Waals surface area contributed by atoms with Crippen LogP contribution in [0.2, 0.25) is 0 Å². The van der Waals surface area contributed by atoms with Gasteiger partial charge in [0.05, 0.1) is 19.1 Å². The molecule has 12 heavy (non-hydrogen) atoms. The first-order valence-corrected chi connectivity index (χ1v) is 3.60. The quantitative estimate of drug-likeness (QED) is 0.592. The van der Waals surface area contributed by atoms with Crippen molar-refractivity contribution in [3.8, 4) is 0 Å². The summed E-state index contributed by atoms with van der Waals surface area (Å²) in [6, 6.07) is 0. The van der Waals surface area contributed by atoms with Crippen LogP contribution in [0.25, 0.3) is 0 Å². The number of rotatable bonds is 3. The molecule has 1 fully saturated rings. The lowest BCUT2D eigenvalue weighted by atomic mass is 10.0. The summed E-state index contributed by atoms with van der Waals surface area (Å²) in [7, 11) is 0. The average Bonchev–Trinajstić information content (AvgIpc) is 2.05. The lowest BCUT2D eigenvalue weighted by molar-refractivity contribution is -0.154. The minimum absolute atomic E-state index is 0.191. The Balaban J connectivity index is 2.34. The smallest absolute Gasteiger partial charge is 0.310 e. The van der Waals surface area contributed by atoms with Crippen molar-refractivity contribution in [1.29, 1.82) is 0 Å². The number of ether oxygens (including phenoxy) is 2. The molecule has 0 atom stereocenters. The third kappa shape index (κ3) is 2.60. The summed E-state index contributed by atoms with van der Waals surface area (Å²) in [4.78, 5) is 21.2. The van der Waals surface area contributed by atoms with Gasteiger partial charge >= 0.3 is 5.97 Å². The summed E-state index contributed by atoms with van der Waals surface area (Å²) in [6.45, 7) is 0.731. The molecule has 5 nitrogen and oxygen atoms in total. The number of carboxylic acid groups (broad SMARTS) is 1. The topological polar surface area (TPSA) is 72.8 Å². The van der Waals surface area contributed by atoms with E-state index in [0.29, 0.717) is 0 Å². The molecule has 1 N–H and O–H groups in total. The van der Waals surface area contributed by atoms with Crippen LogP contribution < -0.4 is 0 Å². The second-order valence-corrected chi connectivity index (χ2v) is 2.59. The third-order valence-corrected chi connectivity index (χ3v) is 1.59. The SMILES string of the molecule is O=C(O)CC(=O)C1COCOC1. The van der Waals surface area contributed by atoms with Crippen LogP contribution in [0.3, 0.4) is 0 Å². The second-order valence-electron chi connectivity index (χ2n) is 2.59. The largest absolute Gasteiger partial charge is 0.481 e. The molecule has 1 saturated heterocycles. The molecule has 0 saturated carbocycles. The Hall–Kier alpha value is -0.940. The molecule has 68 valence electrons. The van der Waals surface area contributed by atoms with Gasteiger partial charge in [-0.3, -0.25) is 9.59 Å². The maximum Gasteiger partial charge on any atom is 0.310 e. The summed E-state index contributed by atoms with van der Waals surface area (Å²) in [6.07, 6.45) is -0.447. The fraction of sp³-hybridized carbons (Fsp3) is 0.714. The molecule has 1 heterocycles. The predicted octanol–water partition coefficient (Wildman–Crippen LogP) is -0.349. The van der Waals surface area contributed by atoms with Crippen molar-refractivity contribution in [3.63, 3.8) is 0 Å². The molecule has 0 aromatic heterocycles. The fourth-order valence-electron chi connectivity index (χ4n) is 0.967. The number of hydrogen-bond donors (Lipinski definition) is 1. The first-order valence-electron chi connectivity index (χ1n) is 3.60. The zero-order valence-electron chi connectivity index (χ0n) is 6.49. The number of carbonyl (C=O) groups is 2. The van der Waals surface area contributed by atoms with E-state index in [1.165, 1.54) is 0 Å². The number of carboxylic acids is 1. The van der Waals surface area contributed by atoms with E-state index in [2.05, 4.69) is 0 Å². The Labute approximate surface area is 69.3 Å². The monoisotopic (exact) mass is 174 g/mol. The van der Waals surface area contributed by atoms with Crippen LogP contribution in [-0.2, 0) is 19.1 Å². The molecule has 1 aliphatic rings. The molecular weight excluding hydrogens is 164 g/mol. The number of carbonyl (C=O) groups excluding carboxylic acids is 1. The van der Waals surface area contributed by atoms with Gasteiger partial charge in [0.1, 0.15) is 13.2 Å². The van der Waals surface area contributed by atoms with Crippen LogP contribution in [0.4, 0.5) is 0 Å². The summed E-state index contributed by atoms with van der Waals surface area (Å²) in [5, 5.41) is 8.31. The van der Waals surface area contributed by atoms with Crippen molar-refractivity contribution in [2.45, 2.75) is 6.42 Å². The van der Waals surface area contributed by atoms with Crippen LogP contribution in [-0.4, -0.2) is 36.9 Å². The highest BCUT2D eigenvalue weighted by atomic mass is 16.7. The Morgan fingerprint density at radius 2 is 1.92 bits per heavy atom. The maximum absolute atomic E-state index is 11.1. The van der Waals surface area contributed by atoms with E-state index >= 15 is 0 Å². The maximum atomic E-state index is 11.1. The van der Waals surface area contributed by atoms with Crippen LogP contribution in [0, 0.1) is 5.92 Å². The van der Waals surface area contributed by atoms with Crippen molar-refractivity contribution >= 4 is 11.8 Å². The normalized spacial score (nSPS) is 19.0. The molecular formula is C7H10O5. The van der Waals surface area contributed by atoms with E-state index in [0.717, 1.165) is 0 Å². The molecule has 0 amide bonds. The lowest BCUT2D eigenvalue weighted by Gasteiger charge is -2.20. The third-order valence-electron chi connectivity index (χ3n) is 1.59. The van der Waals surface area contributed by atoms with Crippen LogP contribution >= 0.6 is 0 Å². The Bertz CT molecular complexity index is 182. The minimum atomic E-state index is -1.11. The van der Waals surface area contributed by atoms with Gasteiger partial charge in [0.15, 0.2) is 5.78 Å². The van der Waals surface area contributed by atoms with Gasteiger partial charge in [-0.1, -0.05) is 0 Å². The van der Waals surface area contributed by atoms with Gasteiger partial charge in [-0.15, -0.1) is 0 Å². The van der Waals surface area contributed by atoms with Gasteiger partial charge < -0.3 is 14.6 Å². The number of aliphatic carboxylic acids is 1. The van der Waals surface area contributed by atoms with Crippen molar-refractivity contribution < 1.29 is 24.2 Å². The van der Waals surface area contributed by atoms with E-state index in [9.17, 15) is 9.59 Å². The summed E-state index contributed by atoms with van der Waals surface area (Å²) < 4.78 is 9.70. The van der Waals surface area contributed by atoms with Crippen molar-refractivity contribution in [2.75, 3.05) is 20.0 Å². The number of ketones is 1. The van der Waals surface area contributed by atoms with Crippen LogP contribution in [0.5, 0.6) is 0 Å². The molecule has 0 aromatic rings. The van der Waals surface area contributed by atoms with Crippen molar-refractivity contribution in [2.24, 2.45) is 5.92 Å². The molecule has 1 rings (SSSR count). The first kappa shape index (κ1) is 9.15. The Kier molecular flexibility index (Phi) is 3.19. The van der Waals surface area contributed by atoms with E-state index < -0.39 is 18.3 Å². The summed E-state index contributed by atoms with van der Waals surface area (Å²) >= 11 is 0. The van der Waals surface area contributed by atoms with E-state index in [4.69, 9.17) is 14.6 Å². The Morgan fingerprint density at radius 3 is 2.42 bits per heavy atom. The minimum Gasteiger partial charge on any atom is -0.481 e. The molecule has 0 spiro atoms. The summed E-state index contributed by atoms with van der Waals surface area (Å²) in [5.41, 5.74) is 0. The standard InChI is InChI=1S/C7H10O5/c8-6(1-7(9)10)5-2-11-4-12-3-5/h5H,1-4H2,(H,9,10). The lowest BCUT2D eigenvalue weighted by Crippen LogP contribution is -2.31. The van der Waals surface area contributed by atoms with Gasteiger partial charge in [0.25, 0.3) is 0 Å². The molecule has 1 aliphatic heterocycles. The average molecular weight is 174 g/mol. The number of Topliss-reactive ketones (excluding diaryl/α,β-unsaturated/α-hetero) is 1. The molecule has 0 aliphatic carbocycles. The molecule has 0 bridgehead atoms.